The van der Waals surface area contributed by atoms with Crippen LogP contribution < -0.4 is 21.5 Å². The fourth-order valence-corrected chi connectivity index (χ4v) is 2.02. The zero-order valence-electron chi connectivity index (χ0n) is 19.4. The minimum Gasteiger partial charge on any atom is -0.542 e. The molecule has 0 spiro atoms. The van der Waals surface area contributed by atoms with Crippen LogP contribution in [0.4, 0.5) is 22.8 Å². The third kappa shape index (κ3) is 20.9. The summed E-state index contributed by atoms with van der Waals surface area (Å²) in [7, 11) is 0. The highest BCUT2D eigenvalue weighted by molar-refractivity contribution is 6.01. The third-order valence-corrected chi connectivity index (χ3v) is 3.73. The van der Waals surface area contributed by atoms with Crippen molar-refractivity contribution in [2.75, 3.05) is 19.8 Å². The Hall–Kier alpha value is -3.43. The first-order valence-electron chi connectivity index (χ1n) is 10.5. The number of ketones is 1. The van der Waals surface area contributed by atoms with Crippen LogP contribution in [0.1, 0.15) is 52.4 Å². The second kappa shape index (κ2) is 18.9. The number of quaternary nitrogens is 1. The molecular weight excluding hydrogens is 485 g/mol. The number of carboxylic acids is 2. The predicted octanol–water partition coefficient (Wildman–Crippen LogP) is -0.262. The number of alkyl halides is 3. The summed E-state index contributed by atoms with van der Waals surface area (Å²) < 4.78 is 41.0. The number of carbonyl (C=O) groups is 5. The Morgan fingerprint density at radius 1 is 0.971 bits per heavy atom. The topological polar surface area (TPSA) is 211 Å². The molecule has 0 aliphatic rings. The maximum absolute atomic E-state index is 11.7. The van der Waals surface area contributed by atoms with E-state index in [1.165, 1.54) is 0 Å². The predicted molar refractivity (Wildman–Crippen MR) is 111 cm³/mol. The van der Waals surface area contributed by atoms with Crippen molar-refractivity contribution >= 4 is 35.9 Å². The van der Waals surface area contributed by atoms with Crippen LogP contribution >= 0.6 is 0 Å². The van der Waals surface area contributed by atoms with Gasteiger partial charge in [0.2, 0.25) is 5.96 Å². The SMILES string of the molecule is CCOC(=O)NC(=NCCCCCC(=O)CCC([NH3+])C(=O)O)NC(=O)OCC.O=C([O-])C(F)(F)F. The molecule has 1 atom stereocenters. The number of hydrogen-bond donors (Lipinski definition) is 4. The average Bonchev–Trinajstić information content (AvgIpc) is 2.74. The Morgan fingerprint density at radius 3 is 1.86 bits per heavy atom. The van der Waals surface area contributed by atoms with E-state index in [4.69, 9.17) is 24.5 Å². The Kier molecular flexibility index (Phi) is 18.3. The molecule has 35 heavy (non-hydrogen) atoms. The maximum atomic E-state index is 11.7. The van der Waals surface area contributed by atoms with Crippen LogP contribution in [0.5, 0.6) is 0 Å². The number of amides is 2. The number of halogens is 3. The molecule has 0 saturated carbocycles. The normalized spacial score (nSPS) is 11.1. The molecule has 0 aromatic heterocycles. The van der Waals surface area contributed by atoms with Crippen molar-refractivity contribution in [3.05, 3.63) is 0 Å². The highest BCUT2D eigenvalue weighted by Crippen LogP contribution is 2.11. The molecule has 13 nitrogen and oxygen atoms in total. The van der Waals surface area contributed by atoms with Crippen molar-refractivity contribution in [3.63, 3.8) is 0 Å². The highest BCUT2D eigenvalue weighted by Gasteiger charge is 2.28. The molecule has 0 fully saturated rings. The van der Waals surface area contributed by atoms with Gasteiger partial charge in [0.05, 0.1) is 13.2 Å². The number of Topliss-reactive ketones (excluding diaryl/α,β-unsaturated/α-hetero) is 1. The van der Waals surface area contributed by atoms with Crippen LogP contribution in [0.3, 0.4) is 0 Å². The lowest BCUT2D eigenvalue weighted by molar-refractivity contribution is -0.408. The molecule has 0 aromatic rings. The van der Waals surface area contributed by atoms with Crippen molar-refractivity contribution in [2.45, 2.75) is 64.6 Å². The van der Waals surface area contributed by atoms with Gasteiger partial charge in [-0.3, -0.25) is 20.4 Å². The zero-order chi connectivity index (χ0) is 27.4. The number of aliphatic carboxylic acids is 2. The minimum atomic E-state index is -5.19. The molecule has 0 rings (SSSR count). The molecule has 2 amide bonds. The maximum Gasteiger partial charge on any atom is 0.430 e. The first kappa shape index (κ1) is 33.7. The van der Waals surface area contributed by atoms with Crippen molar-refractivity contribution in [1.29, 1.82) is 0 Å². The summed E-state index contributed by atoms with van der Waals surface area (Å²) in [6.07, 6.45) is -3.87. The molecule has 1 unspecified atom stereocenters. The number of rotatable bonds is 12. The highest BCUT2D eigenvalue weighted by atomic mass is 19.4. The molecule has 6 N–H and O–H groups in total. The van der Waals surface area contributed by atoms with Crippen molar-refractivity contribution in [2.24, 2.45) is 4.99 Å². The largest absolute Gasteiger partial charge is 0.542 e. The summed E-state index contributed by atoms with van der Waals surface area (Å²) in [5, 5.41) is 22.2. The van der Waals surface area contributed by atoms with Crippen LogP contribution in [-0.2, 0) is 23.9 Å². The van der Waals surface area contributed by atoms with Gasteiger partial charge in [0.1, 0.15) is 11.8 Å². The lowest BCUT2D eigenvalue weighted by Gasteiger charge is -2.10. The molecule has 202 valence electrons. The fourth-order valence-electron chi connectivity index (χ4n) is 2.02. The number of alkyl carbamates (subject to hydrolysis) is 2. The van der Waals surface area contributed by atoms with Gasteiger partial charge < -0.3 is 30.2 Å². The van der Waals surface area contributed by atoms with E-state index in [0.29, 0.717) is 32.2 Å². The van der Waals surface area contributed by atoms with Gasteiger partial charge in [0.15, 0.2) is 6.04 Å². The fraction of sp³-hybridized carbons (Fsp3) is 0.684. The summed E-state index contributed by atoms with van der Waals surface area (Å²) in [4.78, 5) is 58.2. The number of aliphatic imine (C=N–C) groups is 1. The standard InChI is InChI=1S/C17H30N4O7.C2HF3O2/c1-3-27-16(25)20-15(21-17(26)28-4-2)19-11-7-5-6-8-12(22)9-10-13(18)14(23)24;3-2(4,5)1(6)7/h13H,3-11,18H2,1-2H3,(H,23,24)(H2,19,20,21,25,26);(H,6,7). The van der Waals surface area contributed by atoms with Gasteiger partial charge in [0, 0.05) is 25.8 Å². The second-order valence-electron chi connectivity index (χ2n) is 6.63. The number of nitrogens with one attached hydrogen (secondary N) is 2. The number of hydrogen-bond acceptors (Lipinski definition) is 9. The Morgan fingerprint density at radius 2 is 1.46 bits per heavy atom. The summed E-state index contributed by atoms with van der Waals surface area (Å²) in [5.41, 5.74) is 3.47. The van der Waals surface area contributed by atoms with Crippen molar-refractivity contribution in [1.82, 2.24) is 10.6 Å². The van der Waals surface area contributed by atoms with Gasteiger partial charge in [-0.05, 0) is 26.7 Å². The molecule has 0 heterocycles. The summed E-state index contributed by atoms with van der Waals surface area (Å²) in [5.74, 6) is -4.07. The average molecular weight is 516 g/mol. The van der Waals surface area contributed by atoms with Crippen LogP contribution in [-0.4, -0.2) is 73.0 Å². The van der Waals surface area contributed by atoms with E-state index >= 15 is 0 Å². The summed E-state index contributed by atoms with van der Waals surface area (Å²) in [6, 6.07) is -0.768. The molecule has 0 radical (unpaired) electrons. The number of unbranched alkanes of at least 4 members (excludes halogenated alkanes) is 2. The number of nitrogens with zero attached hydrogens (tertiary/aromatic N) is 1. The van der Waals surface area contributed by atoms with E-state index in [0.717, 1.165) is 0 Å². The monoisotopic (exact) mass is 516 g/mol. The van der Waals surface area contributed by atoms with E-state index in [1.807, 2.05) is 0 Å². The Labute approximate surface area is 199 Å². The quantitative estimate of drug-likeness (QED) is 0.153. The Bertz CT molecular complexity index is 709. The molecule has 0 aromatic carbocycles. The van der Waals surface area contributed by atoms with Crippen molar-refractivity contribution < 1.29 is 62.6 Å². The van der Waals surface area contributed by atoms with Gasteiger partial charge >= 0.3 is 24.3 Å². The number of carboxylic acid groups (broad SMARTS) is 2. The summed E-state index contributed by atoms with van der Waals surface area (Å²) in [6.45, 7) is 3.97. The first-order valence-corrected chi connectivity index (χ1v) is 10.5. The van der Waals surface area contributed by atoms with Gasteiger partial charge in [-0.1, -0.05) is 6.42 Å². The van der Waals surface area contributed by atoms with Gasteiger partial charge in [-0.25, -0.2) is 14.4 Å². The van der Waals surface area contributed by atoms with E-state index in [9.17, 15) is 32.3 Å². The zero-order valence-corrected chi connectivity index (χ0v) is 19.4. The minimum absolute atomic E-state index is 0.00652. The lowest BCUT2D eigenvalue weighted by atomic mass is 10.0. The van der Waals surface area contributed by atoms with Crippen LogP contribution in [0.15, 0.2) is 4.99 Å². The molecule has 0 aliphatic carbocycles. The number of guanidine groups is 1. The van der Waals surface area contributed by atoms with Crippen LogP contribution in [0.2, 0.25) is 0 Å². The van der Waals surface area contributed by atoms with Gasteiger partial charge in [-0.15, -0.1) is 0 Å². The van der Waals surface area contributed by atoms with Gasteiger partial charge in [0.25, 0.3) is 0 Å². The first-order chi connectivity index (χ1) is 16.2. The van der Waals surface area contributed by atoms with Gasteiger partial charge in [-0.2, -0.15) is 13.2 Å². The van der Waals surface area contributed by atoms with Crippen LogP contribution in [0, 0.1) is 0 Å². The van der Waals surface area contributed by atoms with E-state index in [-0.39, 0.29) is 37.8 Å². The molecule has 0 saturated heterocycles. The van der Waals surface area contributed by atoms with Crippen molar-refractivity contribution in [3.8, 4) is 0 Å². The molecule has 16 heteroatoms. The summed E-state index contributed by atoms with van der Waals surface area (Å²) >= 11 is 0. The Balaban J connectivity index is 0. The number of ether oxygens (including phenoxy) is 2. The second-order valence-corrected chi connectivity index (χ2v) is 6.63. The van der Waals surface area contributed by atoms with E-state index in [2.05, 4.69) is 21.4 Å². The molecule has 0 aliphatic heterocycles. The van der Waals surface area contributed by atoms with Crippen LogP contribution in [0.25, 0.3) is 0 Å². The van der Waals surface area contributed by atoms with E-state index in [1.54, 1.807) is 13.8 Å². The number of carbonyl (C=O) groups excluding carboxylic acids is 4. The van der Waals surface area contributed by atoms with E-state index < -0.39 is 36.3 Å². The smallest absolute Gasteiger partial charge is 0.430 e. The third-order valence-electron chi connectivity index (χ3n) is 3.73. The lowest BCUT2D eigenvalue weighted by Crippen LogP contribution is -2.64. The molecule has 0 bridgehead atoms. The molecular formula is C19H31F3N4O9.